The number of benzene rings is 1. The number of carbonyl (C=O) groups excluding carboxylic acids is 1. The predicted molar refractivity (Wildman–Crippen MR) is 86.7 cm³/mol. The average Bonchev–Trinajstić information content (AvgIpc) is 3.03. The van der Waals surface area contributed by atoms with Crippen molar-refractivity contribution in [2.75, 3.05) is 37.7 Å². The SMILES string of the molecule is NC1(C(=O)NCC2CCN(c3ccccc3)C2)CCOCC1. The van der Waals surface area contributed by atoms with Gasteiger partial charge in [0.1, 0.15) is 0 Å². The van der Waals surface area contributed by atoms with Crippen molar-refractivity contribution in [1.29, 1.82) is 0 Å². The van der Waals surface area contributed by atoms with Crippen molar-refractivity contribution in [3.8, 4) is 0 Å². The number of rotatable bonds is 4. The number of hydrogen-bond acceptors (Lipinski definition) is 4. The zero-order chi connectivity index (χ0) is 15.4. The summed E-state index contributed by atoms with van der Waals surface area (Å²) in [4.78, 5) is 14.7. The first-order valence-corrected chi connectivity index (χ1v) is 8.12. The van der Waals surface area contributed by atoms with Crippen LogP contribution in [0.1, 0.15) is 19.3 Å². The van der Waals surface area contributed by atoms with Gasteiger partial charge in [-0.05, 0) is 37.3 Å². The van der Waals surface area contributed by atoms with Crippen LogP contribution in [0.25, 0.3) is 0 Å². The summed E-state index contributed by atoms with van der Waals surface area (Å²) in [5, 5.41) is 3.06. The van der Waals surface area contributed by atoms with Crippen molar-refractivity contribution < 1.29 is 9.53 Å². The molecule has 1 aromatic rings. The fraction of sp³-hybridized carbons (Fsp3) is 0.588. The summed E-state index contributed by atoms with van der Waals surface area (Å²) >= 11 is 0. The van der Waals surface area contributed by atoms with Gasteiger partial charge in [-0.1, -0.05) is 18.2 Å². The number of nitrogens with zero attached hydrogens (tertiary/aromatic N) is 1. The third kappa shape index (κ3) is 3.42. The Bertz CT molecular complexity index is 500. The molecule has 2 saturated heterocycles. The molecule has 3 N–H and O–H groups in total. The van der Waals surface area contributed by atoms with Crippen molar-refractivity contribution >= 4 is 11.6 Å². The normalized spacial score (nSPS) is 24.2. The zero-order valence-electron chi connectivity index (χ0n) is 13.0. The largest absolute Gasteiger partial charge is 0.381 e. The molecule has 5 heteroatoms. The van der Waals surface area contributed by atoms with Crippen molar-refractivity contribution in [1.82, 2.24) is 5.32 Å². The number of amides is 1. The molecule has 2 aliphatic rings. The maximum atomic E-state index is 12.3. The number of carbonyl (C=O) groups is 1. The fourth-order valence-corrected chi connectivity index (χ4v) is 3.25. The van der Waals surface area contributed by atoms with E-state index in [0.717, 1.165) is 19.5 Å². The molecule has 0 aromatic heterocycles. The van der Waals surface area contributed by atoms with E-state index in [0.29, 0.717) is 38.5 Å². The Morgan fingerprint density at radius 2 is 2.05 bits per heavy atom. The Hall–Kier alpha value is -1.59. The van der Waals surface area contributed by atoms with E-state index in [9.17, 15) is 4.79 Å². The second-order valence-electron chi connectivity index (χ2n) is 6.41. The van der Waals surface area contributed by atoms with Crippen LogP contribution in [0, 0.1) is 5.92 Å². The van der Waals surface area contributed by atoms with Crippen LogP contribution in [0.4, 0.5) is 5.69 Å². The maximum Gasteiger partial charge on any atom is 0.240 e. The molecule has 1 unspecified atom stereocenters. The lowest BCUT2D eigenvalue weighted by molar-refractivity contribution is -0.129. The second-order valence-corrected chi connectivity index (χ2v) is 6.41. The number of nitrogens with two attached hydrogens (primary N) is 1. The molecule has 2 heterocycles. The van der Waals surface area contributed by atoms with Gasteiger partial charge in [0.15, 0.2) is 0 Å². The summed E-state index contributed by atoms with van der Waals surface area (Å²) in [5.74, 6) is 0.474. The van der Waals surface area contributed by atoms with Gasteiger partial charge < -0.3 is 20.7 Å². The summed E-state index contributed by atoms with van der Waals surface area (Å²) in [6.45, 7) is 3.91. The van der Waals surface area contributed by atoms with Gasteiger partial charge in [-0.15, -0.1) is 0 Å². The summed E-state index contributed by atoms with van der Waals surface area (Å²) in [6.07, 6.45) is 2.33. The molecule has 0 radical (unpaired) electrons. The van der Waals surface area contributed by atoms with Gasteiger partial charge in [0.25, 0.3) is 0 Å². The van der Waals surface area contributed by atoms with E-state index in [1.54, 1.807) is 0 Å². The van der Waals surface area contributed by atoms with Gasteiger partial charge in [-0.2, -0.15) is 0 Å². The van der Waals surface area contributed by atoms with Crippen molar-refractivity contribution in [3.05, 3.63) is 30.3 Å². The van der Waals surface area contributed by atoms with Crippen LogP contribution in [-0.2, 0) is 9.53 Å². The molecular weight excluding hydrogens is 278 g/mol. The lowest BCUT2D eigenvalue weighted by Crippen LogP contribution is -2.57. The molecule has 2 fully saturated rings. The summed E-state index contributed by atoms with van der Waals surface area (Å²) in [5.41, 5.74) is 6.72. The topological polar surface area (TPSA) is 67.6 Å². The van der Waals surface area contributed by atoms with Gasteiger partial charge >= 0.3 is 0 Å². The molecule has 1 atom stereocenters. The number of para-hydroxylation sites is 1. The number of nitrogens with one attached hydrogen (secondary N) is 1. The molecule has 5 nitrogen and oxygen atoms in total. The van der Waals surface area contributed by atoms with Crippen LogP contribution in [0.2, 0.25) is 0 Å². The highest BCUT2D eigenvalue weighted by Gasteiger charge is 2.36. The molecule has 2 aliphatic heterocycles. The highest BCUT2D eigenvalue weighted by molar-refractivity contribution is 5.86. The van der Waals surface area contributed by atoms with Gasteiger partial charge in [0.2, 0.25) is 5.91 Å². The quantitative estimate of drug-likeness (QED) is 0.875. The van der Waals surface area contributed by atoms with E-state index < -0.39 is 5.54 Å². The minimum Gasteiger partial charge on any atom is -0.381 e. The van der Waals surface area contributed by atoms with Crippen LogP contribution < -0.4 is 16.0 Å². The van der Waals surface area contributed by atoms with Crippen LogP contribution in [0.5, 0.6) is 0 Å². The van der Waals surface area contributed by atoms with Gasteiger partial charge in [0.05, 0.1) is 5.54 Å². The number of anilines is 1. The van der Waals surface area contributed by atoms with E-state index in [4.69, 9.17) is 10.5 Å². The maximum absolute atomic E-state index is 12.3. The molecular formula is C17H25N3O2. The monoisotopic (exact) mass is 303 g/mol. The smallest absolute Gasteiger partial charge is 0.240 e. The molecule has 0 spiro atoms. The molecule has 120 valence electrons. The van der Waals surface area contributed by atoms with Crippen LogP contribution >= 0.6 is 0 Å². The Kier molecular flexibility index (Phi) is 4.64. The predicted octanol–water partition coefficient (Wildman–Crippen LogP) is 1.14. The van der Waals surface area contributed by atoms with Crippen molar-refractivity contribution in [2.24, 2.45) is 11.7 Å². The van der Waals surface area contributed by atoms with E-state index >= 15 is 0 Å². The first-order chi connectivity index (χ1) is 10.7. The van der Waals surface area contributed by atoms with E-state index in [1.165, 1.54) is 5.69 Å². The lowest BCUT2D eigenvalue weighted by Gasteiger charge is -2.32. The minimum absolute atomic E-state index is 0.0195. The van der Waals surface area contributed by atoms with Crippen LogP contribution in [0.15, 0.2) is 30.3 Å². The summed E-state index contributed by atoms with van der Waals surface area (Å²) in [6, 6.07) is 10.4. The molecule has 3 rings (SSSR count). The molecule has 0 saturated carbocycles. The molecule has 1 aromatic carbocycles. The zero-order valence-corrected chi connectivity index (χ0v) is 13.0. The number of hydrogen-bond donors (Lipinski definition) is 2. The fourth-order valence-electron chi connectivity index (χ4n) is 3.25. The standard InChI is InChI=1S/C17H25N3O2/c18-17(7-10-22-11-8-17)16(21)19-12-14-6-9-20(13-14)15-4-2-1-3-5-15/h1-5,14H,6-13,18H2,(H,19,21). The van der Waals surface area contributed by atoms with Crippen molar-refractivity contribution in [2.45, 2.75) is 24.8 Å². The van der Waals surface area contributed by atoms with E-state index in [-0.39, 0.29) is 5.91 Å². The highest BCUT2D eigenvalue weighted by Crippen LogP contribution is 2.23. The first kappa shape index (κ1) is 15.3. The summed E-state index contributed by atoms with van der Waals surface area (Å²) in [7, 11) is 0. The molecule has 1 amide bonds. The van der Waals surface area contributed by atoms with Gasteiger partial charge in [-0.25, -0.2) is 0 Å². The molecule has 0 bridgehead atoms. The molecule has 0 aliphatic carbocycles. The highest BCUT2D eigenvalue weighted by atomic mass is 16.5. The third-order valence-electron chi connectivity index (χ3n) is 4.80. The minimum atomic E-state index is -0.740. The third-order valence-corrected chi connectivity index (χ3v) is 4.80. The lowest BCUT2D eigenvalue weighted by atomic mass is 9.90. The van der Waals surface area contributed by atoms with Crippen LogP contribution in [0.3, 0.4) is 0 Å². The Morgan fingerprint density at radius 1 is 1.32 bits per heavy atom. The van der Waals surface area contributed by atoms with Gasteiger partial charge in [0, 0.05) is 38.5 Å². The molecule has 22 heavy (non-hydrogen) atoms. The van der Waals surface area contributed by atoms with E-state index in [2.05, 4.69) is 34.5 Å². The van der Waals surface area contributed by atoms with Crippen molar-refractivity contribution in [3.63, 3.8) is 0 Å². The Labute approximate surface area is 131 Å². The summed E-state index contributed by atoms with van der Waals surface area (Å²) < 4.78 is 5.29. The Morgan fingerprint density at radius 3 is 2.77 bits per heavy atom. The van der Waals surface area contributed by atoms with Gasteiger partial charge in [-0.3, -0.25) is 4.79 Å². The van der Waals surface area contributed by atoms with Crippen LogP contribution in [-0.4, -0.2) is 44.3 Å². The number of ether oxygens (including phenoxy) is 1. The average molecular weight is 303 g/mol. The first-order valence-electron chi connectivity index (χ1n) is 8.12. The second kappa shape index (κ2) is 6.67. The van der Waals surface area contributed by atoms with E-state index in [1.807, 2.05) is 6.07 Å². The Balaban J connectivity index is 1.47.